The van der Waals surface area contributed by atoms with Gasteiger partial charge < -0.3 is 4.57 Å². The molecule has 1 atom stereocenters. The lowest BCUT2D eigenvalue weighted by Gasteiger charge is -2.32. The lowest BCUT2D eigenvalue weighted by atomic mass is 9.96. The van der Waals surface area contributed by atoms with Crippen LogP contribution in [-0.2, 0) is 19.5 Å². The van der Waals surface area contributed by atoms with Gasteiger partial charge in [-0.2, -0.15) is 0 Å². The molecule has 124 valence electrons. The van der Waals surface area contributed by atoms with Crippen LogP contribution in [0.25, 0.3) is 11.0 Å². The van der Waals surface area contributed by atoms with Crippen molar-refractivity contribution in [2.75, 3.05) is 13.1 Å². The first-order valence-electron chi connectivity index (χ1n) is 8.72. The number of piperidine rings is 1. The highest BCUT2D eigenvalue weighted by molar-refractivity contribution is 5.73. The zero-order chi connectivity index (χ0) is 15.9. The summed E-state index contributed by atoms with van der Waals surface area (Å²) < 4.78 is 7.14. The average Bonchev–Trinajstić information content (AvgIpc) is 3.31. The molecular weight excluding hydrogens is 304 g/mol. The number of aryl methyl sites for hydroxylation is 1. The van der Waals surface area contributed by atoms with Gasteiger partial charge in [0.1, 0.15) is 22.7 Å². The second kappa shape index (κ2) is 5.66. The molecule has 7 nitrogen and oxygen atoms in total. The van der Waals surface area contributed by atoms with E-state index >= 15 is 0 Å². The summed E-state index contributed by atoms with van der Waals surface area (Å²) in [6.07, 6.45) is 4.71. The van der Waals surface area contributed by atoms with Crippen molar-refractivity contribution < 1.29 is 4.63 Å². The molecule has 4 heterocycles. The van der Waals surface area contributed by atoms with Crippen molar-refractivity contribution in [3.05, 3.63) is 35.4 Å². The van der Waals surface area contributed by atoms with Gasteiger partial charge in [0.2, 0.25) is 0 Å². The number of nitrogens with zero attached hydrogens (tertiary/aromatic N) is 6. The number of aromatic nitrogens is 5. The molecule has 5 rings (SSSR count). The van der Waals surface area contributed by atoms with E-state index in [4.69, 9.17) is 4.63 Å². The van der Waals surface area contributed by atoms with Gasteiger partial charge in [-0.1, -0.05) is 6.07 Å². The maximum absolute atomic E-state index is 4.79. The van der Waals surface area contributed by atoms with Gasteiger partial charge in [-0.05, 0) is 53.8 Å². The highest BCUT2D eigenvalue weighted by Crippen LogP contribution is 2.29. The normalized spacial score (nSPS) is 21.4. The van der Waals surface area contributed by atoms with E-state index in [0.717, 1.165) is 43.6 Å². The van der Waals surface area contributed by atoms with E-state index in [9.17, 15) is 0 Å². The van der Waals surface area contributed by atoms with Crippen LogP contribution in [0.4, 0.5) is 0 Å². The van der Waals surface area contributed by atoms with Crippen molar-refractivity contribution in [3.8, 4) is 0 Å². The maximum atomic E-state index is 4.79. The molecule has 0 N–H and O–H groups in total. The molecule has 24 heavy (non-hydrogen) atoms. The number of likely N-dealkylation sites (tertiary alicyclic amines) is 1. The van der Waals surface area contributed by atoms with Gasteiger partial charge in [0.05, 0.1) is 0 Å². The van der Waals surface area contributed by atoms with E-state index in [2.05, 4.69) is 42.1 Å². The first-order valence-corrected chi connectivity index (χ1v) is 8.72. The average molecular weight is 324 g/mol. The summed E-state index contributed by atoms with van der Waals surface area (Å²) in [7, 11) is 0. The zero-order valence-corrected chi connectivity index (χ0v) is 13.6. The van der Waals surface area contributed by atoms with E-state index < -0.39 is 0 Å². The van der Waals surface area contributed by atoms with Crippen LogP contribution in [-0.4, -0.2) is 43.1 Å². The highest BCUT2D eigenvalue weighted by Gasteiger charge is 2.28. The van der Waals surface area contributed by atoms with Crippen LogP contribution in [0, 0.1) is 0 Å². The first kappa shape index (κ1) is 14.1. The highest BCUT2D eigenvalue weighted by atomic mass is 16.6. The van der Waals surface area contributed by atoms with Crippen molar-refractivity contribution in [1.82, 2.24) is 30.0 Å². The Balaban J connectivity index is 1.33. The van der Waals surface area contributed by atoms with Crippen LogP contribution in [0.5, 0.6) is 0 Å². The monoisotopic (exact) mass is 324 g/mol. The second-order valence-electron chi connectivity index (χ2n) is 6.89. The topological polar surface area (TPSA) is 72.9 Å². The zero-order valence-electron chi connectivity index (χ0n) is 13.6. The van der Waals surface area contributed by atoms with Gasteiger partial charge in [0.25, 0.3) is 0 Å². The molecule has 2 aliphatic rings. The fourth-order valence-electron chi connectivity index (χ4n) is 4.07. The largest absolute Gasteiger partial charge is 0.315 e. The summed E-state index contributed by atoms with van der Waals surface area (Å²) in [5.41, 5.74) is 2.90. The van der Waals surface area contributed by atoms with Crippen molar-refractivity contribution in [1.29, 1.82) is 0 Å². The number of benzene rings is 1. The SMILES string of the molecule is c1cc2nonc2cc1CN1CCCC(c2nnc3n2CCC3)C1. The van der Waals surface area contributed by atoms with Gasteiger partial charge in [0.15, 0.2) is 0 Å². The Kier molecular flexibility index (Phi) is 3.33. The Morgan fingerprint density at radius 1 is 1.08 bits per heavy atom. The first-order chi connectivity index (χ1) is 11.9. The number of rotatable bonds is 3. The second-order valence-corrected chi connectivity index (χ2v) is 6.89. The minimum Gasteiger partial charge on any atom is -0.315 e. The van der Waals surface area contributed by atoms with E-state index in [1.807, 2.05) is 6.07 Å². The minimum absolute atomic E-state index is 0.496. The third-order valence-electron chi connectivity index (χ3n) is 5.23. The minimum atomic E-state index is 0.496. The fraction of sp³-hybridized carbons (Fsp3) is 0.529. The third-order valence-corrected chi connectivity index (χ3v) is 5.23. The van der Waals surface area contributed by atoms with Crippen LogP contribution in [0.3, 0.4) is 0 Å². The molecule has 7 heteroatoms. The predicted molar refractivity (Wildman–Crippen MR) is 87.4 cm³/mol. The Morgan fingerprint density at radius 3 is 3.04 bits per heavy atom. The van der Waals surface area contributed by atoms with Gasteiger partial charge in [-0.3, -0.25) is 4.90 Å². The summed E-state index contributed by atoms with van der Waals surface area (Å²) in [5, 5.41) is 16.7. The summed E-state index contributed by atoms with van der Waals surface area (Å²) >= 11 is 0. The van der Waals surface area contributed by atoms with Crippen LogP contribution in [0.2, 0.25) is 0 Å². The predicted octanol–water partition coefficient (Wildman–Crippen LogP) is 2.14. The van der Waals surface area contributed by atoms with E-state index in [1.165, 1.54) is 36.5 Å². The van der Waals surface area contributed by atoms with Crippen LogP contribution >= 0.6 is 0 Å². The molecule has 0 radical (unpaired) electrons. The van der Waals surface area contributed by atoms with Gasteiger partial charge in [0, 0.05) is 32.0 Å². The lowest BCUT2D eigenvalue weighted by molar-refractivity contribution is 0.194. The summed E-state index contributed by atoms with van der Waals surface area (Å²) in [6, 6.07) is 6.17. The molecule has 0 spiro atoms. The maximum Gasteiger partial charge on any atom is 0.137 e. The smallest absolute Gasteiger partial charge is 0.137 e. The van der Waals surface area contributed by atoms with Crippen molar-refractivity contribution in [3.63, 3.8) is 0 Å². The van der Waals surface area contributed by atoms with Crippen LogP contribution < -0.4 is 0 Å². The molecule has 0 bridgehead atoms. The molecule has 0 aliphatic carbocycles. The van der Waals surface area contributed by atoms with Crippen molar-refractivity contribution in [2.24, 2.45) is 0 Å². The molecule has 1 fully saturated rings. The molecule has 2 aliphatic heterocycles. The van der Waals surface area contributed by atoms with Gasteiger partial charge in [-0.25, -0.2) is 4.63 Å². The molecule has 3 aromatic rings. The quantitative estimate of drug-likeness (QED) is 0.735. The molecule has 1 unspecified atom stereocenters. The Bertz CT molecular complexity index is 869. The standard InChI is InChI=1S/C17H20N6O/c1-3-13(17-19-18-16-4-2-8-23(16)17)11-22(7-1)10-12-5-6-14-15(9-12)21-24-20-14/h5-6,9,13H,1-4,7-8,10-11H2. The third kappa shape index (κ3) is 2.39. The summed E-state index contributed by atoms with van der Waals surface area (Å²) in [6.45, 7) is 4.20. The number of hydrogen-bond acceptors (Lipinski definition) is 6. The molecule has 1 aromatic carbocycles. The lowest BCUT2D eigenvalue weighted by Crippen LogP contribution is -2.34. The molecular formula is C17H20N6O. The molecule has 2 aromatic heterocycles. The van der Waals surface area contributed by atoms with E-state index in [-0.39, 0.29) is 0 Å². The summed E-state index contributed by atoms with van der Waals surface area (Å²) in [5.74, 6) is 2.87. The van der Waals surface area contributed by atoms with E-state index in [0.29, 0.717) is 5.92 Å². The molecule has 0 saturated carbocycles. The number of hydrogen-bond donors (Lipinski definition) is 0. The Labute approximate surface area is 139 Å². The molecule has 1 saturated heterocycles. The van der Waals surface area contributed by atoms with Crippen molar-refractivity contribution in [2.45, 2.75) is 44.7 Å². The fourth-order valence-corrected chi connectivity index (χ4v) is 4.07. The summed E-state index contributed by atoms with van der Waals surface area (Å²) in [4.78, 5) is 2.51. The van der Waals surface area contributed by atoms with Crippen LogP contribution in [0.1, 0.15) is 42.4 Å². The van der Waals surface area contributed by atoms with Crippen LogP contribution in [0.15, 0.2) is 22.8 Å². The van der Waals surface area contributed by atoms with Gasteiger partial charge in [-0.15, -0.1) is 10.2 Å². The number of fused-ring (bicyclic) bond motifs is 2. The van der Waals surface area contributed by atoms with Crippen molar-refractivity contribution >= 4 is 11.0 Å². The Morgan fingerprint density at radius 2 is 2.04 bits per heavy atom. The van der Waals surface area contributed by atoms with E-state index in [1.54, 1.807) is 0 Å². The molecule has 0 amide bonds. The van der Waals surface area contributed by atoms with Gasteiger partial charge >= 0.3 is 0 Å². The Hall–Kier alpha value is -2.28.